The van der Waals surface area contributed by atoms with Gasteiger partial charge in [0, 0.05) is 11.4 Å². The molecule has 3 rings (SSSR count). The molecule has 0 unspecified atom stereocenters. The fraction of sp³-hybridized carbons (Fsp3) is 0.154. The normalized spacial score (nSPS) is 10.9. The Morgan fingerprint density at radius 1 is 1.30 bits per heavy atom. The highest BCUT2D eigenvalue weighted by Gasteiger charge is 2.12. The molecule has 102 valence electrons. The van der Waals surface area contributed by atoms with Crippen LogP contribution in [0.2, 0.25) is 0 Å². The zero-order valence-electron chi connectivity index (χ0n) is 10.7. The third kappa shape index (κ3) is 2.44. The molecule has 2 aromatic heterocycles. The Labute approximate surface area is 119 Å². The van der Waals surface area contributed by atoms with Crippen LogP contribution in [0.4, 0.5) is 10.3 Å². The van der Waals surface area contributed by atoms with E-state index in [9.17, 15) is 4.39 Å². The van der Waals surface area contributed by atoms with Gasteiger partial charge >= 0.3 is 0 Å². The number of aromatic amines is 1. The molecule has 0 aliphatic rings. The SMILES string of the molecule is CCNc1nc(Sc2ccccc2F)c2cn[nH]c2n1. The summed E-state index contributed by atoms with van der Waals surface area (Å²) in [5, 5.41) is 11.3. The van der Waals surface area contributed by atoms with Gasteiger partial charge in [0.1, 0.15) is 10.8 Å². The molecule has 7 heteroatoms. The second-order valence-corrected chi connectivity index (χ2v) is 5.08. The Morgan fingerprint density at radius 3 is 2.95 bits per heavy atom. The van der Waals surface area contributed by atoms with Crippen molar-refractivity contribution >= 4 is 28.7 Å². The number of rotatable bonds is 4. The van der Waals surface area contributed by atoms with Gasteiger partial charge in [0.2, 0.25) is 5.95 Å². The molecule has 0 spiro atoms. The van der Waals surface area contributed by atoms with E-state index >= 15 is 0 Å². The molecule has 20 heavy (non-hydrogen) atoms. The molecule has 1 aromatic carbocycles. The van der Waals surface area contributed by atoms with Crippen LogP contribution in [0.25, 0.3) is 11.0 Å². The number of nitrogens with zero attached hydrogens (tertiary/aromatic N) is 3. The molecular formula is C13H12FN5S. The Kier molecular flexibility index (Phi) is 3.51. The van der Waals surface area contributed by atoms with Crippen LogP contribution in [0.15, 0.2) is 40.4 Å². The number of aromatic nitrogens is 4. The van der Waals surface area contributed by atoms with Crippen LogP contribution in [0.1, 0.15) is 6.92 Å². The minimum absolute atomic E-state index is 0.266. The Morgan fingerprint density at radius 2 is 2.15 bits per heavy atom. The minimum atomic E-state index is -0.266. The second-order valence-electron chi connectivity index (χ2n) is 4.05. The van der Waals surface area contributed by atoms with Gasteiger partial charge in [-0.1, -0.05) is 23.9 Å². The molecule has 3 aromatic rings. The number of fused-ring (bicyclic) bond motifs is 1. The summed E-state index contributed by atoms with van der Waals surface area (Å²) in [4.78, 5) is 9.24. The first kappa shape index (κ1) is 12.9. The smallest absolute Gasteiger partial charge is 0.225 e. The van der Waals surface area contributed by atoms with Crippen molar-refractivity contribution in [1.29, 1.82) is 0 Å². The van der Waals surface area contributed by atoms with Crippen LogP contribution in [0, 0.1) is 5.82 Å². The van der Waals surface area contributed by atoms with E-state index in [0.29, 0.717) is 28.1 Å². The lowest BCUT2D eigenvalue weighted by molar-refractivity contribution is 0.602. The molecule has 0 saturated heterocycles. The third-order valence-corrected chi connectivity index (χ3v) is 3.71. The van der Waals surface area contributed by atoms with Gasteiger partial charge in [0.25, 0.3) is 0 Å². The van der Waals surface area contributed by atoms with Gasteiger partial charge in [-0.15, -0.1) is 0 Å². The molecule has 2 N–H and O–H groups in total. The van der Waals surface area contributed by atoms with Crippen LogP contribution < -0.4 is 5.32 Å². The number of benzene rings is 1. The van der Waals surface area contributed by atoms with Gasteiger partial charge in [-0.3, -0.25) is 5.10 Å². The maximum absolute atomic E-state index is 13.7. The molecule has 0 atom stereocenters. The van der Waals surface area contributed by atoms with E-state index in [0.717, 1.165) is 5.39 Å². The molecule has 5 nitrogen and oxygen atoms in total. The predicted molar refractivity (Wildman–Crippen MR) is 76.4 cm³/mol. The molecule has 0 saturated carbocycles. The lowest BCUT2D eigenvalue weighted by atomic mass is 10.3. The highest BCUT2D eigenvalue weighted by atomic mass is 32.2. The largest absolute Gasteiger partial charge is 0.354 e. The highest BCUT2D eigenvalue weighted by molar-refractivity contribution is 7.99. The lowest BCUT2D eigenvalue weighted by Gasteiger charge is -2.06. The minimum Gasteiger partial charge on any atom is -0.354 e. The highest BCUT2D eigenvalue weighted by Crippen LogP contribution is 2.32. The molecule has 0 amide bonds. The number of anilines is 1. The topological polar surface area (TPSA) is 66.5 Å². The first-order valence-electron chi connectivity index (χ1n) is 6.15. The second kappa shape index (κ2) is 5.46. The summed E-state index contributed by atoms with van der Waals surface area (Å²) < 4.78 is 13.7. The average molecular weight is 289 g/mol. The maximum Gasteiger partial charge on any atom is 0.225 e. The van der Waals surface area contributed by atoms with E-state index in [4.69, 9.17) is 0 Å². The third-order valence-electron chi connectivity index (χ3n) is 2.65. The van der Waals surface area contributed by atoms with E-state index in [1.165, 1.54) is 17.8 Å². The van der Waals surface area contributed by atoms with Gasteiger partial charge in [-0.05, 0) is 19.1 Å². The van der Waals surface area contributed by atoms with Gasteiger partial charge in [0.15, 0.2) is 5.65 Å². The first-order chi connectivity index (χ1) is 9.78. The average Bonchev–Trinajstić information content (AvgIpc) is 2.90. The van der Waals surface area contributed by atoms with Gasteiger partial charge in [-0.2, -0.15) is 10.1 Å². The van der Waals surface area contributed by atoms with E-state index in [2.05, 4.69) is 25.5 Å². The van der Waals surface area contributed by atoms with Crippen LogP contribution in [0.3, 0.4) is 0 Å². The van der Waals surface area contributed by atoms with Crippen molar-refractivity contribution in [3.8, 4) is 0 Å². The van der Waals surface area contributed by atoms with E-state index < -0.39 is 0 Å². The first-order valence-corrected chi connectivity index (χ1v) is 6.97. The molecule has 0 bridgehead atoms. The summed E-state index contributed by atoms with van der Waals surface area (Å²) in [6.45, 7) is 2.67. The van der Waals surface area contributed by atoms with Crippen LogP contribution in [-0.2, 0) is 0 Å². The van der Waals surface area contributed by atoms with E-state index in [-0.39, 0.29) is 5.82 Å². The van der Waals surface area contributed by atoms with Crippen molar-refractivity contribution in [3.63, 3.8) is 0 Å². The quantitative estimate of drug-likeness (QED) is 0.723. The van der Waals surface area contributed by atoms with Crippen molar-refractivity contribution in [3.05, 3.63) is 36.3 Å². The molecule has 0 aliphatic heterocycles. The Balaban J connectivity index is 2.05. The van der Waals surface area contributed by atoms with Crippen LogP contribution >= 0.6 is 11.8 Å². The fourth-order valence-corrected chi connectivity index (χ4v) is 2.67. The van der Waals surface area contributed by atoms with E-state index in [1.54, 1.807) is 24.4 Å². The van der Waals surface area contributed by atoms with Crippen molar-refractivity contribution < 1.29 is 4.39 Å². The summed E-state index contributed by atoms with van der Waals surface area (Å²) in [6, 6.07) is 6.61. The zero-order valence-corrected chi connectivity index (χ0v) is 11.5. The fourth-order valence-electron chi connectivity index (χ4n) is 1.76. The Hall–Kier alpha value is -2.15. The summed E-state index contributed by atoms with van der Waals surface area (Å²) in [7, 11) is 0. The molecule has 2 heterocycles. The van der Waals surface area contributed by atoms with Crippen LogP contribution in [-0.4, -0.2) is 26.7 Å². The maximum atomic E-state index is 13.7. The lowest BCUT2D eigenvalue weighted by Crippen LogP contribution is -2.03. The summed E-state index contributed by atoms with van der Waals surface area (Å²) >= 11 is 1.26. The Bertz CT molecular complexity index is 742. The molecule has 0 fully saturated rings. The number of hydrogen-bond donors (Lipinski definition) is 2. The van der Waals surface area contributed by atoms with Gasteiger partial charge in [-0.25, -0.2) is 9.37 Å². The number of nitrogens with one attached hydrogen (secondary N) is 2. The standard InChI is InChI=1S/C13H12FN5S/c1-2-15-13-17-11-8(7-16-19-11)12(18-13)20-10-6-4-3-5-9(10)14/h3-7H,2H2,1H3,(H2,15,16,17,18,19). The molecule has 0 radical (unpaired) electrons. The van der Waals surface area contributed by atoms with Crippen molar-refractivity contribution in [2.45, 2.75) is 16.8 Å². The monoisotopic (exact) mass is 289 g/mol. The predicted octanol–water partition coefficient (Wildman–Crippen LogP) is 3.08. The number of H-pyrrole nitrogens is 1. The molecular weight excluding hydrogens is 277 g/mol. The van der Waals surface area contributed by atoms with Crippen molar-refractivity contribution in [1.82, 2.24) is 20.2 Å². The summed E-state index contributed by atoms with van der Waals surface area (Å²) in [6.07, 6.45) is 1.65. The number of hydrogen-bond acceptors (Lipinski definition) is 5. The van der Waals surface area contributed by atoms with Gasteiger partial charge < -0.3 is 5.32 Å². The van der Waals surface area contributed by atoms with Crippen molar-refractivity contribution in [2.24, 2.45) is 0 Å². The van der Waals surface area contributed by atoms with Crippen molar-refractivity contribution in [2.75, 3.05) is 11.9 Å². The van der Waals surface area contributed by atoms with Gasteiger partial charge in [0.05, 0.1) is 11.6 Å². The number of halogens is 1. The zero-order chi connectivity index (χ0) is 13.9. The molecule has 0 aliphatic carbocycles. The summed E-state index contributed by atoms with van der Waals surface area (Å²) in [5.74, 6) is 0.237. The van der Waals surface area contributed by atoms with Crippen LogP contribution in [0.5, 0.6) is 0 Å². The van der Waals surface area contributed by atoms with E-state index in [1.807, 2.05) is 6.92 Å². The summed E-state index contributed by atoms with van der Waals surface area (Å²) in [5.41, 5.74) is 0.634.